The first kappa shape index (κ1) is 17.7. The van der Waals surface area contributed by atoms with Crippen molar-refractivity contribution in [3.63, 3.8) is 0 Å². The Labute approximate surface area is 161 Å². The number of nitrogens with two attached hydrogens (primary N) is 1. The maximum Gasteiger partial charge on any atom is 0.331 e. The van der Waals surface area contributed by atoms with Gasteiger partial charge in [-0.05, 0) is 30.2 Å². The van der Waals surface area contributed by atoms with Crippen LogP contribution in [0.25, 0.3) is 22.3 Å². The zero-order valence-electron chi connectivity index (χ0n) is 14.7. The van der Waals surface area contributed by atoms with Crippen molar-refractivity contribution in [2.45, 2.75) is 32.0 Å². The number of hydrogen-bond acceptors (Lipinski definition) is 5. The lowest BCUT2D eigenvalue weighted by Crippen LogP contribution is -2.50. The molecule has 2 N–H and O–H groups in total. The molecule has 0 spiro atoms. The van der Waals surface area contributed by atoms with Crippen LogP contribution >= 0.6 is 12.4 Å². The zero-order valence-corrected chi connectivity index (χ0v) is 15.5. The topological polar surface area (TPSA) is 87.2 Å². The van der Waals surface area contributed by atoms with Gasteiger partial charge in [-0.15, -0.1) is 12.4 Å². The quantitative estimate of drug-likeness (QED) is 0.510. The van der Waals surface area contributed by atoms with Gasteiger partial charge in [0, 0.05) is 10.9 Å². The molecule has 3 aromatic rings. The third kappa shape index (κ3) is 2.27. The van der Waals surface area contributed by atoms with E-state index in [1.807, 2.05) is 37.3 Å². The van der Waals surface area contributed by atoms with Crippen LogP contribution in [0.4, 0.5) is 0 Å². The van der Waals surface area contributed by atoms with Crippen LogP contribution in [0.2, 0.25) is 0 Å². The normalized spacial score (nSPS) is 19.7. The van der Waals surface area contributed by atoms with Gasteiger partial charge in [0.1, 0.15) is 12.1 Å². The highest BCUT2D eigenvalue weighted by Gasteiger charge is 2.43. The minimum absolute atomic E-state index is 0. The number of cyclic esters (lactones) is 1. The highest BCUT2D eigenvalue weighted by molar-refractivity contribution is 5.87. The van der Waals surface area contributed by atoms with E-state index in [9.17, 15) is 9.59 Å². The number of halogens is 1. The Balaban J connectivity index is 0.00000180. The average Bonchev–Trinajstić information content (AvgIpc) is 3.01. The molecule has 0 fully saturated rings. The van der Waals surface area contributed by atoms with E-state index < -0.39 is 11.5 Å². The molecule has 0 bridgehead atoms. The molecule has 27 heavy (non-hydrogen) atoms. The first-order valence-corrected chi connectivity index (χ1v) is 8.65. The zero-order chi connectivity index (χ0) is 18.1. The number of ether oxygens (including phenoxy) is 1. The van der Waals surface area contributed by atoms with Gasteiger partial charge in [-0.25, -0.2) is 9.78 Å². The second-order valence-electron chi connectivity index (χ2n) is 6.90. The van der Waals surface area contributed by atoms with E-state index in [0.717, 1.165) is 22.2 Å². The van der Waals surface area contributed by atoms with E-state index in [0.29, 0.717) is 29.8 Å². The fourth-order valence-corrected chi connectivity index (χ4v) is 3.96. The molecule has 2 aromatic heterocycles. The van der Waals surface area contributed by atoms with Crippen molar-refractivity contribution >= 4 is 29.3 Å². The summed E-state index contributed by atoms with van der Waals surface area (Å²) in [7, 11) is 0. The summed E-state index contributed by atoms with van der Waals surface area (Å²) in [6.45, 7) is 2.26. The van der Waals surface area contributed by atoms with E-state index >= 15 is 0 Å². The molecule has 5 rings (SSSR count). The lowest BCUT2D eigenvalue weighted by molar-refractivity contribution is -0.154. The summed E-state index contributed by atoms with van der Waals surface area (Å²) in [6, 6.07) is 11.8. The number of esters is 1. The maximum absolute atomic E-state index is 13.1. The molecule has 1 unspecified atom stereocenters. The lowest BCUT2D eigenvalue weighted by atomic mass is 9.83. The van der Waals surface area contributed by atoms with Crippen molar-refractivity contribution in [1.82, 2.24) is 9.55 Å². The minimum Gasteiger partial charge on any atom is -0.459 e. The van der Waals surface area contributed by atoms with Gasteiger partial charge in [-0.2, -0.15) is 0 Å². The standard InChI is InChI=1S/C20H17N3O3.ClH/c1-2-20(21)14-8-16-17-12(7-11-5-3-4-6-15(11)22-17)9-23(16)18(24)13(14)10-26-19(20)25;/h3-8H,2,9-10,21H2,1H3;1H. The van der Waals surface area contributed by atoms with Crippen LogP contribution in [0.1, 0.15) is 30.0 Å². The number of hydrogen-bond donors (Lipinski definition) is 1. The second-order valence-corrected chi connectivity index (χ2v) is 6.90. The first-order chi connectivity index (χ1) is 12.5. The van der Waals surface area contributed by atoms with Crippen molar-refractivity contribution in [2.24, 2.45) is 5.73 Å². The highest BCUT2D eigenvalue weighted by atomic mass is 35.5. The second kappa shape index (κ2) is 5.90. The molecule has 2 aliphatic heterocycles. The summed E-state index contributed by atoms with van der Waals surface area (Å²) < 4.78 is 6.90. The molecule has 7 heteroatoms. The Morgan fingerprint density at radius 3 is 2.81 bits per heavy atom. The van der Waals surface area contributed by atoms with Crippen molar-refractivity contribution in [3.8, 4) is 11.4 Å². The number of nitrogens with zero attached hydrogens (tertiary/aromatic N) is 2. The van der Waals surface area contributed by atoms with Crippen LogP contribution in [0, 0.1) is 0 Å². The van der Waals surface area contributed by atoms with Gasteiger partial charge in [0.25, 0.3) is 5.56 Å². The van der Waals surface area contributed by atoms with E-state index in [1.54, 1.807) is 4.57 Å². The minimum atomic E-state index is -1.29. The Morgan fingerprint density at radius 2 is 2.04 bits per heavy atom. The Bertz CT molecular complexity index is 1170. The summed E-state index contributed by atoms with van der Waals surface area (Å²) in [4.78, 5) is 30.1. The fraction of sp³-hybridized carbons (Fsp3) is 0.250. The van der Waals surface area contributed by atoms with Gasteiger partial charge in [0.15, 0.2) is 0 Å². The molecular formula is C20H18ClN3O3. The predicted octanol–water partition coefficient (Wildman–Crippen LogP) is 2.47. The Morgan fingerprint density at radius 1 is 1.26 bits per heavy atom. The summed E-state index contributed by atoms with van der Waals surface area (Å²) in [5.74, 6) is -0.485. The molecule has 1 atom stereocenters. The lowest BCUT2D eigenvalue weighted by Gasteiger charge is -2.32. The Hall–Kier alpha value is -2.70. The van der Waals surface area contributed by atoms with Gasteiger partial charge in [0.2, 0.25) is 0 Å². The number of aromatic nitrogens is 2. The van der Waals surface area contributed by atoms with Gasteiger partial charge in [-0.1, -0.05) is 25.1 Å². The van der Waals surface area contributed by atoms with Gasteiger partial charge in [0.05, 0.1) is 29.0 Å². The molecule has 138 valence electrons. The molecular weight excluding hydrogens is 366 g/mol. The predicted molar refractivity (Wildman–Crippen MR) is 104 cm³/mol. The molecule has 6 nitrogen and oxygen atoms in total. The Kier molecular flexibility index (Phi) is 3.87. The third-order valence-corrected chi connectivity index (χ3v) is 5.52. The number of carbonyl (C=O) groups is 1. The van der Waals surface area contributed by atoms with Crippen molar-refractivity contribution in [2.75, 3.05) is 0 Å². The molecule has 0 aliphatic carbocycles. The summed E-state index contributed by atoms with van der Waals surface area (Å²) in [5, 5.41) is 1.04. The van der Waals surface area contributed by atoms with E-state index in [2.05, 4.69) is 6.07 Å². The van der Waals surface area contributed by atoms with Gasteiger partial charge in [-0.3, -0.25) is 4.79 Å². The van der Waals surface area contributed by atoms with Gasteiger partial charge < -0.3 is 15.0 Å². The molecule has 0 amide bonds. The smallest absolute Gasteiger partial charge is 0.331 e. The fourth-order valence-electron chi connectivity index (χ4n) is 3.96. The van der Waals surface area contributed by atoms with Crippen molar-refractivity contribution in [3.05, 3.63) is 63.4 Å². The van der Waals surface area contributed by atoms with E-state index in [4.69, 9.17) is 15.5 Å². The van der Waals surface area contributed by atoms with Crippen LogP contribution in [-0.2, 0) is 28.2 Å². The van der Waals surface area contributed by atoms with E-state index in [1.165, 1.54) is 0 Å². The van der Waals surface area contributed by atoms with Crippen LogP contribution in [0.5, 0.6) is 0 Å². The average molecular weight is 384 g/mol. The number of para-hydroxylation sites is 1. The maximum atomic E-state index is 13.1. The molecule has 1 aromatic carbocycles. The van der Waals surface area contributed by atoms with Crippen molar-refractivity contribution in [1.29, 1.82) is 0 Å². The SMILES string of the molecule is CCC1(N)C(=O)OCc2c1cc1n(c2=O)Cc2cc3ccccc3nc2-1.Cl. The number of fused-ring (bicyclic) bond motifs is 5. The third-order valence-electron chi connectivity index (χ3n) is 5.52. The molecule has 2 aliphatic rings. The summed E-state index contributed by atoms with van der Waals surface area (Å²) in [6.07, 6.45) is 0.361. The van der Waals surface area contributed by atoms with Crippen LogP contribution < -0.4 is 11.3 Å². The molecule has 0 radical (unpaired) electrons. The molecule has 4 heterocycles. The first-order valence-electron chi connectivity index (χ1n) is 8.65. The summed E-state index contributed by atoms with van der Waals surface area (Å²) >= 11 is 0. The highest BCUT2D eigenvalue weighted by Crippen LogP contribution is 2.37. The summed E-state index contributed by atoms with van der Waals surface area (Å²) in [5.41, 5.74) is 9.29. The number of pyridine rings is 2. The van der Waals surface area contributed by atoms with Gasteiger partial charge >= 0.3 is 5.97 Å². The number of carbonyl (C=O) groups excluding carboxylic acids is 1. The number of rotatable bonds is 1. The van der Waals surface area contributed by atoms with Crippen LogP contribution in [-0.4, -0.2) is 15.5 Å². The molecule has 0 saturated heterocycles. The largest absolute Gasteiger partial charge is 0.459 e. The van der Waals surface area contributed by atoms with E-state index in [-0.39, 0.29) is 24.6 Å². The van der Waals surface area contributed by atoms with Crippen LogP contribution in [0.15, 0.2) is 41.2 Å². The molecule has 0 saturated carbocycles. The van der Waals surface area contributed by atoms with Crippen molar-refractivity contribution < 1.29 is 9.53 Å². The monoisotopic (exact) mass is 383 g/mol. The number of benzene rings is 1. The van der Waals surface area contributed by atoms with Crippen LogP contribution in [0.3, 0.4) is 0 Å².